The summed E-state index contributed by atoms with van der Waals surface area (Å²) in [7, 11) is 0. The monoisotopic (exact) mass is 306 g/mol. The van der Waals surface area contributed by atoms with Crippen LogP contribution in [0, 0.1) is 0 Å². The molecule has 0 aromatic heterocycles. The predicted molar refractivity (Wildman–Crippen MR) is 75.3 cm³/mol. The van der Waals surface area contributed by atoms with Crippen LogP contribution in [0.15, 0.2) is 0 Å². The smallest absolute Gasteiger partial charge is 0.313 e. The molecule has 10 heteroatoms. The van der Waals surface area contributed by atoms with Crippen molar-refractivity contribution in [2.45, 2.75) is 0 Å². The van der Waals surface area contributed by atoms with E-state index in [9.17, 15) is 9.59 Å². The fraction of sp³-hybridized carbons (Fsp3) is 0.750. The van der Waals surface area contributed by atoms with Crippen LogP contribution in [0.3, 0.4) is 0 Å². The highest BCUT2D eigenvalue weighted by Crippen LogP contribution is 1.66. The normalized spacial score (nSPS) is 7.44. The lowest BCUT2D eigenvalue weighted by Crippen LogP contribution is -2.02. The zero-order valence-electron chi connectivity index (χ0n) is 9.90. The van der Waals surface area contributed by atoms with Crippen LogP contribution < -0.4 is 11.5 Å². The Balaban J connectivity index is -0.0000000731. The van der Waals surface area contributed by atoms with Crippen LogP contribution in [0.4, 0.5) is 0 Å². The molecule has 0 aromatic carbocycles. The topological polar surface area (TPSA) is 167 Å². The number of carbonyl (C=O) groups is 2. The van der Waals surface area contributed by atoms with Gasteiger partial charge in [-0.1, -0.05) is 0 Å². The second-order valence-corrected chi connectivity index (χ2v) is 2.76. The molecule has 0 rings (SSSR count). The third-order valence-corrected chi connectivity index (χ3v) is 1.07. The SMILES string of the molecule is NCCO.NCCO.O=C(O)CS.O=C(O)CS. The summed E-state index contributed by atoms with van der Waals surface area (Å²) in [5.74, 6) is -1.93. The number of rotatable bonds is 4. The van der Waals surface area contributed by atoms with Crippen molar-refractivity contribution in [3.63, 3.8) is 0 Å². The largest absolute Gasteiger partial charge is 0.481 e. The van der Waals surface area contributed by atoms with Crippen molar-refractivity contribution < 1.29 is 30.0 Å². The number of hydrogen-bond acceptors (Lipinski definition) is 8. The molecule has 0 saturated carbocycles. The number of carboxylic acid groups (broad SMARTS) is 2. The molecule has 0 spiro atoms. The average molecular weight is 306 g/mol. The van der Waals surface area contributed by atoms with Crippen molar-refractivity contribution in [3.8, 4) is 0 Å². The molecule has 0 radical (unpaired) electrons. The predicted octanol–water partition coefficient (Wildman–Crippen LogP) is -2.12. The first-order valence-corrected chi connectivity index (χ1v) is 5.91. The number of aliphatic hydroxyl groups is 2. The molecule has 0 aromatic rings. The lowest BCUT2D eigenvalue weighted by atomic mass is 10.8. The Labute approximate surface area is 117 Å². The standard InChI is InChI=1S/2C2H7NO.2C2H4O2S/c2*3-1-2-4;2*3-2(4)1-5/h2*4H,1-3H2;2*5H,1H2,(H,3,4). The van der Waals surface area contributed by atoms with Crippen molar-refractivity contribution in [2.75, 3.05) is 37.8 Å². The highest BCUT2D eigenvalue weighted by molar-refractivity contribution is 7.81. The Morgan fingerprint density at radius 3 is 0.944 bits per heavy atom. The summed E-state index contributed by atoms with van der Waals surface area (Å²) in [4.78, 5) is 18.6. The van der Waals surface area contributed by atoms with Crippen molar-refractivity contribution in [1.82, 2.24) is 0 Å². The molecule has 8 N–H and O–H groups in total. The van der Waals surface area contributed by atoms with Gasteiger partial charge in [-0.05, 0) is 0 Å². The maximum absolute atomic E-state index is 9.29. The van der Waals surface area contributed by atoms with E-state index >= 15 is 0 Å². The van der Waals surface area contributed by atoms with E-state index in [1.807, 2.05) is 0 Å². The molecule has 8 nitrogen and oxygen atoms in total. The van der Waals surface area contributed by atoms with Crippen molar-refractivity contribution in [1.29, 1.82) is 0 Å². The first-order valence-electron chi connectivity index (χ1n) is 4.64. The summed E-state index contributed by atoms with van der Waals surface area (Å²) >= 11 is 6.83. The van der Waals surface area contributed by atoms with Gasteiger partial charge in [-0.15, -0.1) is 0 Å². The molecule has 0 atom stereocenters. The number of nitrogens with two attached hydrogens (primary N) is 2. The molecule has 0 fully saturated rings. The van der Waals surface area contributed by atoms with Crippen molar-refractivity contribution >= 4 is 37.2 Å². The molecule has 112 valence electrons. The molecule has 0 amide bonds. The molecular formula is C8H22N2O6S2. The lowest BCUT2D eigenvalue weighted by Gasteiger charge is -1.71. The molecule has 0 aliphatic rings. The Hall–Kier alpha value is -0.520. The first-order chi connectivity index (χ1) is 8.37. The van der Waals surface area contributed by atoms with E-state index in [1.54, 1.807) is 0 Å². The zero-order valence-corrected chi connectivity index (χ0v) is 11.7. The van der Waals surface area contributed by atoms with Crippen LogP contribution in [0.2, 0.25) is 0 Å². The Morgan fingerprint density at radius 2 is 0.944 bits per heavy atom. The van der Waals surface area contributed by atoms with Gasteiger partial charge in [0, 0.05) is 13.1 Å². The minimum Gasteiger partial charge on any atom is -0.481 e. The minimum atomic E-state index is -0.881. The molecule has 0 heterocycles. The van der Waals surface area contributed by atoms with E-state index in [1.165, 1.54) is 0 Å². The Morgan fingerprint density at radius 1 is 0.833 bits per heavy atom. The summed E-state index contributed by atoms with van der Waals surface area (Å²) in [5.41, 5.74) is 9.56. The number of carboxylic acids is 2. The maximum Gasteiger partial charge on any atom is 0.313 e. The van der Waals surface area contributed by atoms with Crippen molar-refractivity contribution in [2.24, 2.45) is 11.5 Å². The van der Waals surface area contributed by atoms with Gasteiger partial charge in [0.15, 0.2) is 0 Å². The molecular weight excluding hydrogens is 284 g/mol. The van der Waals surface area contributed by atoms with E-state index in [0.29, 0.717) is 13.1 Å². The van der Waals surface area contributed by atoms with Gasteiger partial charge in [-0.25, -0.2) is 0 Å². The molecule has 0 saturated heterocycles. The molecule has 18 heavy (non-hydrogen) atoms. The van der Waals surface area contributed by atoms with Gasteiger partial charge in [-0.2, -0.15) is 25.3 Å². The number of aliphatic carboxylic acids is 2. The summed E-state index contributed by atoms with van der Waals surface area (Å²) in [6.07, 6.45) is 0. The van der Waals surface area contributed by atoms with Crippen molar-refractivity contribution in [3.05, 3.63) is 0 Å². The van der Waals surface area contributed by atoms with E-state index in [4.69, 9.17) is 31.9 Å². The lowest BCUT2D eigenvalue weighted by molar-refractivity contribution is -0.134. The van der Waals surface area contributed by atoms with Crippen LogP contribution in [0.25, 0.3) is 0 Å². The molecule has 0 aliphatic carbocycles. The number of thiol groups is 2. The second-order valence-electron chi connectivity index (χ2n) is 2.13. The van der Waals surface area contributed by atoms with Crippen LogP contribution in [-0.2, 0) is 9.59 Å². The van der Waals surface area contributed by atoms with Gasteiger partial charge >= 0.3 is 11.9 Å². The Kier molecular flexibility index (Phi) is 43.5. The molecule has 0 aliphatic heterocycles. The number of aliphatic hydroxyl groups excluding tert-OH is 2. The first kappa shape index (κ1) is 26.1. The van der Waals surface area contributed by atoms with Crippen LogP contribution in [-0.4, -0.2) is 70.2 Å². The highest BCUT2D eigenvalue weighted by atomic mass is 32.1. The van der Waals surface area contributed by atoms with Gasteiger partial charge in [0.2, 0.25) is 0 Å². The second kappa shape index (κ2) is 30.0. The molecule has 0 unspecified atom stereocenters. The van der Waals surface area contributed by atoms with Gasteiger partial charge < -0.3 is 31.9 Å². The van der Waals surface area contributed by atoms with Gasteiger partial charge in [-0.3, -0.25) is 9.59 Å². The Bertz CT molecular complexity index is 152. The third kappa shape index (κ3) is 108. The van der Waals surface area contributed by atoms with Gasteiger partial charge in [0.05, 0.1) is 24.7 Å². The fourth-order valence-corrected chi connectivity index (χ4v) is 0. The van der Waals surface area contributed by atoms with Crippen LogP contribution >= 0.6 is 25.3 Å². The van der Waals surface area contributed by atoms with E-state index in [0.717, 1.165) is 0 Å². The molecule has 0 bridgehead atoms. The summed E-state index contributed by atoms with van der Waals surface area (Å²) in [6, 6.07) is 0. The summed E-state index contributed by atoms with van der Waals surface area (Å²) < 4.78 is 0. The summed E-state index contributed by atoms with van der Waals surface area (Å²) in [6.45, 7) is 0.944. The minimum absolute atomic E-state index is 0.0833. The quantitative estimate of drug-likeness (QED) is 0.273. The maximum atomic E-state index is 9.29. The van der Waals surface area contributed by atoms with Crippen LogP contribution in [0.5, 0.6) is 0 Å². The average Bonchev–Trinajstić information content (AvgIpc) is 2.39. The third-order valence-electron chi connectivity index (χ3n) is 0.529. The highest BCUT2D eigenvalue weighted by Gasteiger charge is 1.82. The number of hydrogen-bond donors (Lipinski definition) is 8. The van der Waals surface area contributed by atoms with Gasteiger partial charge in [0.25, 0.3) is 0 Å². The summed E-state index contributed by atoms with van der Waals surface area (Å²) in [5, 5.41) is 30.8. The van der Waals surface area contributed by atoms with E-state index in [2.05, 4.69) is 25.3 Å². The van der Waals surface area contributed by atoms with E-state index < -0.39 is 11.9 Å². The zero-order chi connectivity index (χ0) is 15.4. The van der Waals surface area contributed by atoms with Crippen LogP contribution in [0.1, 0.15) is 0 Å². The van der Waals surface area contributed by atoms with E-state index in [-0.39, 0.29) is 24.7 Å². The fourth-order valence-electron chi connectivity index (χ4n) is 0. The van der Waals surface area contributed by atoms with Gasteiger partial charge in [0.1, 0.15) is 0 Å².